The number of fused-ring (bicyclic) bond motifs is 1. The molecule has 2 aliphatic heterocycles. The van der Waals surface area contributed by atoms with E-state index in [2.05, 4.69) is 86.1 Å². The molecule has 4 aromatic rings. The molecule has 1 fully saturated rings. The number of amides is 1. The van der Waals surface area contributed by atoms with E-state index in [1.807, 2.05) is 17.5 Å². The number of ether oxygens (including phenoxy) is 2. The Morgan fingerprint density at radius 2 is 1.72 bits per heavy atom. The average Bonchev–Trinajstić information content (AvgIpc) is 3.57. The molecule has 1 aromatic heterocycles. The van der Waals surface area contributed by atoms with E-state index < -0.39 is 0 Å². The van der Waals surface area contributed by atoms with Crippen LogP contribution in [-0.4, -0.2) is 60.5 Å². The number of carbonyl (C=O) groups is 1. The molecular formula is C37H39N5O3S. The van der Waals surface area contributed by atoms with Gasteiger partial charge in [-0.05, 0) is 71.9 Å². The largest absolute Gasteiger partial charge is 0.493 e. The molecule has 1 saturated heterocycles. The molecule has 1 aliphatic carbocycles. The van der Waals surface area contributed by atoms with Gasteiger partial charge in [0.15, 0.2) is 11.5 Å². The molecule has 0 radical (unpaired) electrons. The molecule has 3 heterocycles. The second kappa shape index (κ2) is 13.9. The number of nitrogens with one attached hydrogen (secondary N) is 2. The number of rotatable bonds is 10. The molecule has 0 atom stereocenters. The van der Waals surface area contributed by atoms with Crippen molar-refractivity contribution in [3.8, 4) is 11.5 Å². The molecule has 2 N–H and O–H groups in total. The van der Waals surface area contributed by atoms with Crippen LogP contribution in [0.25, 0.3) is 5.57 Å². The van der Waals surface area contributed by atoms with Gasteiger partial charge in [-0.15, -0.1) is 11.3 Å². The summed E-state index contributed by atoms with van der Waals surface area (Å²) in [7, 11) is 1.65. The normalized spacial score (nSPS) is 16.9. The molecule has 0 unspecified atom stereocenters. The van der Waals surface area contributed by atoms with E-state index >= 15 is 0 Å². The Balaban J connectivity index is 0.981. The van der Waals surface area contributed by atoms with Crippen molar-refractivity contribution in [1.82, 2.24) is 14.8 Å². The highest BCUT2D eigenvalue weighted by molar-refractivity contribution is 7.07. The van der Waals surface area contributed by atoms with E-state index in [9.17, 15) is 4.79 Å². The summed E-state index contributed by atoms with van der Waals surface area (Å²) in [5.74, 6) is 1.32. The number of carbonyl (C=O) groups excluding carboxylic acids is 1. The van der Waals surface area contributed by atoms with Crippen molar-refractivity contribution in [2.24, 2.45) is 0 Å². The van der Waals surface area contributed by atoms with Crippen LogP contribution in [0.3, 0.4) is 0 Å². The van der Waals surface area contributed by atoms with Crippen molar-refractivity contribution in [1.29, 1.82) is 0 Å². The fourth-order valence-corrected chi connectivity index (χ4v) is 6.90. The predicted molar refractivity (Wildman–Crippen MR) is 184 cm³/mol. The van der Waals surface area contributed by atoms with Gasteiger partial charge in [0.2, 0.25) is 0 Å². The van der Waals surface area contributed by atoms with E-state index in [1.165, 1.54) is 11.1 Å². The highest BCUT2D eigenvalue weighted by atomic mass is 32.1. The third-order valence-electron chi connectivity index (χ3n) is 8.99. The summed E-state index contributed by atoms with van der Waals surface area (Å²) in [4.78, 5) is 22.7. The molecule has 0 bridgehead atoms. The Kier molecular flexibility index (Phi) is 9.14. The van der Waals surface area contributed by atoms with Gasteiger partial charge in [-0.1, -0.05) is 42.5 Å². The van der Waals surface area contributed by atoms with Gasteiger partial charge in [0.1, 0.15) is 6.61 Å². The Bertz CT molecular complexity index is 1740. The number of aromatic nitrogens is 1. The zero-order chi connectivity index (χ0) is 31.3. The molecule has 1 amide bonds. The molecular weight excluding hydrogens is 595 g/mol. The number of anilines is 2. The third kappa shape index (κ3) is 7.02. The van der Waals surface area contributed by atoms with Crippen LogP contribution in [0.4, 0.5) is 11.4 Å². The topological polar surface area (TPSA) is 79.0 Å². The lowest BCUT2D eigenvalue weighted by Crippen LogP contribution is -2.46. The first kappa shape index (κ1) is 30.2. The van der Waals surface area contributed by atoms with Crippen LogP contribution in [0.15, 0.2) is 95.0 Å². The number of hydrogen-bond acceptors (Lipinski definition) is 8. The molecule has 8 nitrogen and oxygen atoms in total. The number of piperazine rings is 1. The number of allylic oxidation sites excluding steroid dienone is 2. The van der Waals surface area contributed by atoms with Crippen LogP contribution >= 0.6 is 11.3 Å². The summed E-state index contributed by atoms with van der Waals surface area (Å²) in [5.41, 5.74) is 10.9. The lowest BCUT2D eigenvalue weighted by Gasteiger charge is -2.34. The van der Waals surface area contributed by atoms with Gasteiger partial charge in [0.25, 0.3) is 5.91 Å². The molecule has 46 heavy (non-hydrogen) atoms. The standard InChI is InChI=1S/C37H39N5O3S/c1-44-36-21-29(9-12-35(36)45-23-30-24-46-25-38-30)28-8-10-31-33(20-28)39-32-11-7-26(19-34(32)40-37(31)43)13-14-41-15-17-42(18-16-41)22-27-5-3-2-4-6-27/h2-7,9,11-12,19-21,24-25,39H,8,10,13-18,22-23H2,1H3,(H,40,43). The molecule has 236 valence electrons. The van der Waals surface area contributed by atoms with Gasteiger partial charge in [-0.25, -0.2) is 4.98 Å². The summed E-state index contributed by atoms with van der Waals surface area (Å²) in [5, 5.41) is 8.73. The predicted octanol–water partition coefficient (Wildman–Crippen LogP) is 6.59. The van der Waals surface area contributed by atoms with Crippen LogP contribution in [0.2, 0.25) is 0 Å². The lowest BCUT2D eigenvalue weighted by molar-refractivity contribution is -0.113. The number of benzene rings is 3. The second-order valence-electron chi connectivity index (χ2n) is 12.0. The molecule has 3 aromatic carbocycles. The van der Waals surface area contributed by atoms with Gasteiger partial charge >= 0.3 is 0 Å². The van der Waals surface area contributed by atoms with Crippen LogP contribution in [0.5, 0.6) is 11.5 Å². The van der Waals surface area contributed by atoms with Crippen molar-refractivity contribution >= 4 is 34.2 Å². The molecule has 9 heteroatoms. The number of thiazole rings is 1. The minimum atomic E-state index is -0.0355. The van der Waals surface area contributed by atoms with E-state index in [0.717, 1.165) is 91.6 Å². The van der Waals surface area contributed by atoms with Crippen molar-refractivity contribution in [2.45, 2.75) is 32.4 Å². The average molecular weight is 634 g/mol. The van der Waals surface area contributed by atoms with Crippen molar-refractivity contribution in [2.75, 3.05) is 50.5 Å². The number of methoxy groups -OCH3 is 1. The molecule has 0 spiro atoms. The minimum absolute atomic E-state index is 0.0355. The van der Waals surface area contributed by atoms with Crippen LogP contribution in [0, 0.1) is 0 Å². The van der Waals surface area contributed by atoms with E-state index in [4.69, 9.17) is 9.47 Å². The van der Waals surface area contributed by atoms with Crippen LogP contribution in [0.1, 0.15) is 35.2 Å². The smallest absolute Gasteiger partial charge is 0.253 e. The van der Waals surface area contributed by atoms with Crippen LogP contribution in [-0.2, 0) is 24.4 Å². The fourth-order valence-electron chi connectivity index (χ4n) is 6.35. The monoisotopic (exact) mass is 633 g/mol. The zero-order valence-electron chi connectivity index (χ0n) is 26.1. The summed E-state index contributed by atoms with van der Waals surface area (Å²) >= 11 is 1.55. The first-order valence-corrected chi connectivity index (χ1v) is 16.9. The Labute approximate surface area is 274 Å². The van der Waals surface area contributed by atoms with Gasteiger partial charge in [0.05, 0.1) is 29.7 Å². The Morgan fingerprint density at radius 1 is 0.870 bits per heavy atom. The summed E-state index contributed by atoms with van der Waals surface area (Å²) in [6, 6.07) is 23.1. The second-order valence-corrected chi connectivity index (χ2v) is 12.7. The van der Waals surface area contributed by atoms with Crippen molar-refractivity contribution in [3.05, 3.63) is 117 Å². The first-order chi connectivity index (χ1) is 22.6. The summed E-state index contributed by atoms with van der Waals surface area (Å²) < 4.78 is 11.6. The SMILES string of the molecule is COc1cc(C2=CC3=C(CC2)C(=O)Nc2cc(CCN4CCN(Cc5ccccc5)CC4)ccc2N3)ccc1OCc1cscn1. The van der Waals surface area contributed by atoms with Gasteiger partial charge in [-0.2, -0.15) is 0 Å². The Hall–Kier alpha value is -4.44. The maximum atomic E-state index is 13.4. The van der Waals surface area contributed by atoms with E-state index in [-0.39, 0.29) is 5.91 Å². The third-order valence-corrected chi connectivity index (χ3v) is 9.62. The zero-order valence-corrected chi connectivity index (χ0v) is 26.9. The lowest BCUT2D eigenvalue weighted by atomic mass is 9.91. The van der Waals surface area contributed by atoms with Crippen LogP contribution < -0.4 is 20.1 Å². The number of nitrogens with zero attached hydrogens (tertiary/aromatic N) is 3. The minimum Gasteiger partial charge on any atom is -0.493 e. The highest BCUT2D eigenvalue weighted by Crippen LogP contribution is 2.39. The van der Waals surface area contributed by atoms with E-state index in [0.29, 0.717) is 24.5 Å². The summed E-state index contributed by atoms with van der Waals surface area (Å²) in [6.07, 6.45) is 4.46. The molecule has 3 aliphatic rings. The van der Waals surface area contributed by atoms with Gasteiger partial charge < -0.3 is 25.0 Å². The Morgan fingerprint density at radius 3 is 2.52 bits per heavy atom. The summed E-state index contributed by atoms with van der Waals surface area (Å²) in [6.45, 7) is 6.76. The van der Waals surface area contributed by atoms with Crippen molar-refractivity contribution in [3.63, 3.8) is 0 Å². The van der Waals surface area contributed by atoms with Gasteiger partial charge in [-0.3, -0.25) is 9.69 Å². The number of hydrogen-bond donors (Lipinski definition) is 2. The quantitative estimate of drug-likeness (QED) is 0.204. The maximum absolute atomic E-state index is 13.4. The molecule has 0 saturated carbocycles. The first-order valence-electron chi connectivity index (χ1n) is 15.9. The highest BCUT2D eigenvalue weighted by Gasteiger charge is 2.25. The maximum Gasteiger partial charge on any atom is 0.253 e. The van der Waals surface area contributed by atoms with E-state index in [1.54, 1.807) is 24.0 Å². The fraction of sp³-hybridized carbons (Fsp3) is 0.297. The molecule has 7 rings (SSSR count). The van der Waals surface area contributed by atoms with Gasteiger partial charge in [0, 0.05) is 55.9 Å². The van der Waals surface area contributed by atoms with Crippen molar-refractivity contribution < 1.29 is 14.3 Å².